The van der Waals surface area contributed by atoms with E-state index in [-0.39, 0.29) is 19.3 Å². The highest BCUT2D eigenvalue weighted by Crippen LogP contribution is 2.07. The van der Waals surface area contributed by atoms with Crippen molar-refractivity contribution in [2.24, 2.45) is 5.18 Å². The van der Waals surface area contributed by atoms with Crippen molar-refractivity contribution in [2.45, 2.75) is 63.8 Å². The molecule has 7 nitrogen and oxygen atoms in total. The summed E-state index contributed by atoms with van der Waals surface area (Å²) in [6.45, 7) is 0. The Kier molecular flexibility index (Phi) is 11.1. The number of amides is 1. The number of aldehydes is 1. The number of carbonyl (C=O) groups excluding carboxylic acids is 2. The van der Waals surface area contributed by atoms with Crippen molar-refractivity contribution in [3.8, 4) is 0 Å². The lowest BCUT2D eigenvalue weighted by atomic mass is 10.1. The monoisotopic (exact) mass is 274 g/mol. The van der Waals surface area contributed by atoms with E-state index >= 15 is 0 Å². The van der Waals surface area contributed by atoms with Crippen LogP contribution in [0.15, 0.2) is 5.18 Å². The lowest BCUT2D eigenvalue weighted by Crippen LogP contribution is -2.38. The maximum atomic E-state index is 10.6. The van der Waals surface area contributed by atoms with Gasteiger partial charge in [-0.15, -0.1) is 4.91 Å². The molecular weight excluding hydrogens is 252 g/mol. The summed E-state index contributed by atoms with van der Waals surface area (Å²) in [7, 11) is 0. The van der Waals surface area contributed by atoms with E-state index in [9.17, 15) is 24.7 Å². The first-order valence-electron chi connectivity index (χ1n) is 6.52. The molecule has 0 aliphatic carbocycles. The second-order valence-electron chi connectivity index (χ2n) is 4.38. The molecular formula is C12H22N2O5. The van der Waals surface area contributed by atoms with Crippen LogP contribution >= 0.6 is 0 Å². The number of hydrogen-bond acceptors (Lipinski definition) is 6. The third-order valence-corrected chi connectivity index (χ3v) is 2.66. The van der Waals surface area contributed by atoms with Gasteiger partial charge < -0.3 is 15.0 Å². The summed E-state index contributed by atoms with van der Waals surface area (Å²) in [5.41, 5.74) is 0. The standard InChI is InChI=1S/C12H22N2O5/c15-9-5-8-11(17)13-10(16)6-3-1-2-4-7-12(18)14-19/h9-11,13,16-17H,1-8H2. The van der Waals surface area contributed by atoms with Gasteiger partial charge in [0.05, 0.1) is 0 Å². The Morgan fingerprint density at radius 1 is 1.11 bits per heavy atom. The first kappa shape index (κ1) is 17.8. The summed E-state index contributed by atoms with van der Waals surface area (Å²) >= 11 is 0. The molecule has 3 N–H and O–H groups in total. The van der Waals surface area contributed by atoms with E-state index in [1.807, 2.05) is 0 Å². The quantitative estimate of drug-likeness (QED) is 0.210. The third kappa shape index (κ3) is 11.6. The molecule has 0 rings (SSSR count). The number of hydrogen-bond donors (Lipinski definition) is 3. The van der Waals surface area contributed by atoms with Crippen LogP contribution in [0.4, 0.5) is 0 Å². The summed E-state index contributed by atoms with van der Waals surface area (Å²) in [6.07, 6.45) is 3.21. The minimum absolute atomic E-state index is 0.175. The fraction of sp³-hybridized carbons (Fsp3) is 0.833. The van der Waals surface area contributed by atoms with Crippen molar-refractivity contribution in [2.75, 3.05) is 0 Å². The summed E-state index contributed by atoms with van der Waals surface area (Å²) < 4.78 is 0. The minimum Gasteiger partial charge on any atom is -0.379 e. The van der Waals surface area contributed by atoms with Gasteiger partial charge in [-0.05, 0) is 25.7 Å². The molecule has 1 amide bonds. The molecule has 2 atom stereocenters. The number of carbonyl (C=O) groups is 2. The number of aliphatic hydroxyl groups is 2. The molecule has 0 bridgehead atoms. The van der Waals surface area contributed by atoms with Crippen LogP contribution in [0.3, 0.4) is 0 Å². The Morgan fingerprint density at radius 2 is 1.74 bits per heavy atom. The maximum Gasteiger partial charge on any atom is 0.286 e. The molecule has 2 unspecified atom stereocenters. The maximum absolute atomic E-state index is 10.6. The van der Waals surface area contributed by atoms with E-state index in [0.29, 0.717) is 19.1 Å². The fourth-order valence-corrected chi connectivity index (χ4v) is 1.63. The molecule has 0 heterocycles. The average Bonchev–Trinajstić information content (AvgIpc) is 2.39. The summed E-state index contributed by atoms with van der Waals surface area (Å²) in [6, 6.07) is 0. The van der Waals surface area contributed by atoms with E-state index in [1.54, 1.807) is 0 Å². The van der Waals surface area contributed by atoms with Gasteiger partial charge in [-0.1, -0.05) is 12.8 Å². The Morgan fingerprint density at radius 3 is 2.37 bits per heavy atom. The molecule has 0 aliphatic rings. The van der Waals surface area contributed by atoms with E-state index < -0.39 is 18.4 Å². The van der Waals surface area contributed by atoms with Gasteiger partial charge in [0, 0.05) is 18.0 Å². The zero-order valence-electron chi connectivity index (χ0n) is 11.0. The van der Waals surface area contributed by atoms with Crippen LogP contribution in [0.25, 0.3) is 0 Å². The second kappa shape index (κ2) is 11.9. The third-order valence-electron chi connectivity index (χ3n) is 2.66. The first-order valence-corrected chi connectivity index (χ1v) is 6.52. The average molecular weight is 274 g/mol. The summed E-state index contributed by atoms with van der Waals surface area (Å²) in [5, 5.41) is 23.8. The van der Waals surface area contributed by atoms with E-state index in [4.69, 9.17) is 0 Å². The molecule has 0 saturated heterocycles. The lowest BCUT2D eigenvalue weighted by molar-refractivity contribution is -0.118. The van der Waals surface area contributed by atoms with Crippen LogP contribution in [0.1, 0.15) is 51.4 Å². The molecule has 0 aromatic carbocycles. The molecule has 110 valence electrons. The predicted molar refractivity (Wildman–Crippen MR) is 69.0 cm³/mol. The Hall–Kier alpha value is -1.18. The largest absolute Gasteiger partial charge is 0.379 e. The Bertz CT molecular complexity index is 273. The highest BCUT2D eigenvalue weighted by atomic mass is 16.3. The lowest BCUT2D eigenvalue weighted by Gasteiger charge is -2.17. The van der Waals surface area contributed by atoms with E-state index in [1.165, 1.54) is 0 Å². The number of nitrogens with zero attached hydrogens (tertiary/aromatic N) is 1. The summed E-state index contributed by atoms with van der Waals surface area (Å²) in [4.78, 5) is 30.5. The number of aliphatic hydroxyl groups excluding tert-OH is 2. The molecule has 7 heteroatoms. The van der Waals surface area contributed by atoms with Crippen LogP contribution in [-0.2, 0) is 9.59 Å². The van der Waals surface area contributed by atoms with Crippen LogP contribution in [-0.4, -0.2) is 34.9 Å². The highest BCUT2D eigenvalue weighted by molar-refractivity contribution is 5.76. The number of rotatable bonds is 12. The smallest absolute Gasteiger partial charge is 0.286 e. The minimum atomic E-state index is -0.878. The van der Waals surface area contributed by atoms with Crippen LogP contribution in [0.5, 0.6) is 0 Å². The molecule has 0 radical (unpaired) electrons. The Labute approximate surface area is 112 Å². The molecule has 0 spiro atoms. The first-order chi connectivity index (χ1) is 9.10. The topological polar surface area (TPSA) is 116 Å². The highest BCUT2D eigenvalue weighted by Gasteiger charge is 2.09. The van der Waals surface area contributed by atoms with Gasteiger partial charge in [-0.3, -0.25) is 10.1 Å². The van der Waals surface area contributed by atoms with Gasteiger partial charge in [-0.25, -0.2) is 0 Å². The number of nitroso groups, excluding NO2 is 1. The SMILES string of the molecule is O=CCCC(O)NC(O)CCCCCCC(=O)N=O. The zero-order valence-corrected chi connectivity index (χ0v) is 11.0. The number of unbranched alkanes of at least 4 members (excludes halogenated alkanes) is 3. The van der Waals surface area contributed by atoms with Gasteiger partial charge >= 0.3 is 0 Å². The van der Waals surface area contributed by atoms with E-state index in [0.717, 1.165) is 19.3 Å². The van der Waals surface area contributed by atoms with Gasteiger partial charge in [0.2, 0.25) is 0 Å². The van der Waals surface area contributed by atoms with Crippen molar-refractivity contribution in [1.82, 2.24) is 5.32 Å². The molecule has 19 heavy (non-hydrogen) atoms. The van der Waals surface area contributed by atoms with Gasteiger partial charge in [0.1, 0.15) is 18.7 Å². The Balaban J connectivity index is 3.42. The van der Waals surface area contributed by atoms with E-state index in [2.05, 4.69) is 10.5 Å². The van der Waals surface area contributed by atoms with Gasteiger partial charge in [0.25, 0.3) is 5.91 Å². The second-order valence-corrected chi connectivity index (χ2v) is 4.38. The summed E-state index contributed by atoms with van der Waals surface area (Å²) in [5.74, 6) is -0.625. The molecule has 0 fully saturated rings. The normalized spacial score (nSPS) is 13.8. The van der Waals surface area contributed by atoms with Gasteiger partial charge in [-0.2, -0.15) is 0 Å². The van der Waals surface area contributed by atoms with Crippen molar-refractivity contribution in [1.29, 1.82) is 0 Å². The fourth-order valence-electron chi connectivity index (χ4n) is 1.63. The molecule has 0 saturated carbocycles. The van der Waals surface area contributed by atoms with Crippen LogP contribution in [0, 0.1) is 4.91 Å². The van der Waals surface area contributed by atoms with Gasteiger partial charge in [0.15, 0.2) is 0 Å². The van der Waals surface area contributed by atoms with Crippen LogP contribution in [0.2, 0.25) is 0 Å². The van der Waals surface area contributed by atoms with Crippen molar-refractivity contribution >= 4 is 12.2 Å². The molecule has 0 aliphatic heterocycles. The van der Waals surface area contributed by atoms with Crippen molar-refractivity contribution < 1.29 is 19.8 Å². The predicted octanol–water partition coefficient (Wildman–Crippen LogP) is 0.825. The van der Waals surface area contributed by atoms with Crippen molar-refractivity contribution in [3.63, 3.8) is 0 Å². The molecule has 0 aromatic rings. The van der Waals surface area contributed by atoms with Crippen LogP contribution < -0.4 is 5.32 Å². The van der Waals surface area contributed by atoms with Crippen molar-refractivity contribution in [3.05, 3.63) is 4.91 Å². The zero-order chi connectivity index (χ0) is 14.5. The molecule has 0 aromatic heterocycles. The number of nitrogens with one attached hydrogen (secondary N) is 1.